The molecule has 1 aliphatic rings. The van der Waals surface area contributed by atoms with Crippen LogP contribution in [-0.2, 0) is 13.0 Å². The van der Waals surface area contributed by atoms with Crippen molar-refractivity contribution in [2.45, 2.75) is 45.0 Å². The molecule has 3 heterocycles. The lowest BCUT2D eigenvalue weighted by atomic mass is 10.1. The van der Waals surface area contributed by atoms with E-state index in [2.05, 4.69) is 15.4 Å². The van der Waals surface area contributed by atoms with E-state index in [1.807, 2.05) is 0 Å². The molecule has 37 heavy (non-hydrogen) atoms. The highest BCUT2D eigenvalue weighted by molar-refractivity contribution is 6.07. The number of carbonyl (C=O) groups is 1. The van der Waals surface area contributed by atoms with Crippen molar-refractivity contribution in [3.05, 3.63) is 76.4 Å². The normalized spacial score (nSPS) is 14.3. The Kier molecular flexibility index (Phi) is 6.18. The molecule has 0 saturated heterocycles. The maximum atomic E-state index is 15.3. The van der Waals surface area contributed by atoms with Gasteiger partial charge in [-0.1, -0.05) is 6.07 Å². The molecule has 0 fully saturated rings. The van der Waals surface area contributed by atoms with Crippen LogP contribution in [0.3, 0.4) is 0 Å². The molecule has 5 rings (SSSR count). The molecule has 0 saturated carbocycles. The van der Waals surface area contributed by atoms with Gasteiger partial charge < -0.3 is 10.1 Å². The van der Waals surface area contributed by atoms with E-state index in [1.165, 1.54) is 4.57 Å². The van der Waals surface area contributed by atoms with Crippen molar-refractivity contribution in [3.8, 4) is 11.4 Å². The van der Waals surface area contributed by atoms with Gasteiger partial charge in [0.05, 0.1) is 11.1 Å². The first-order chi connectivity index (χ1) is 17.6. The zero-order valence-corrected chi connectivity index (χ0v) is 19.6. The topological polar surface area (TPSA) is 91.0 Å². The summed E-state index contributed by atoms with van der Waals surface area (Å²) in [5, 5.41) is 7.44. The van der Waals surface area contributed by atoms with Crippen LogP contribution in [0.15, 0.2) is 53.5 Å². The molecule has 2 aromatic heterocycles. The number of benzene rings is 2. The third-order valence-electron chi connectivity index (χ3n) is 6.12. The number of nitrogens with one attached hydrogen (secondary N) is 1. The lowest BCUT2D eigenvalue weighted by molar-refractivity contribution is -0.189. The molecule has 1 aliphatic heterocycles. The van der Waals surface area contributed by atoms with Crippen LogP contribution in [-0.4, -0.2) is 37.5 Å². The zero-order chi connectivity index (χ0) is 26.3. The number of anilines is 1. The molecule has 0 aliphatic carbocycles. The minimum absolute atomic E-state index is 0.322. The van der Waals surface area contributed by atoms with Crippen LogP contribution in [0.4, 0.5) is 23.2 Å². The fourth-order valence-electron chi connectivity index (χ4n) is 4.15. The number of ether oxygens (including phenoxy) is 1. The molecule has 0 spiro atoms. The summed E-state index contributed by atoms with van der Waals surface area (Å²) in [5.74, 6) is -2.00. The van der Waals surface area contributed by atoms with Crippen LogP contribution < -0.4 is 15.7 Å². The Morgan fingerprint density at radius 1 is 1.16 bits per heavy atom. The third-order valence-corrected chi connectivity index (χ3v) is 6.12. The van der Waals surface area contributed by atoms with Gasteiger partial charge in [-0.3, -0.25) is 14.3 Å². The highest BCUT2D eigenvalue weighted by atomic mass is 19.4. The quantitative estimate of drug-likeness (QED) is 0.391. The Morgan fingerprint density at radius 3 is 2.73 bits per heavy atom. The Labute approximate surface area is 207 Å². The molecule has 1 atom stereocenters. The van der Waals surface area contributed by atoms with Gasteiger partial charge in [-0.2, -0.15) is 17.9 Å². The number of fused-ring (bicyclic) bond motifs is 2. The first-order valence-electron chi connectivity index (χ1n) is 11.5. The number of rotatable bonds is 5. The molecular weight excluding hydrogens is 494 g/mol. The first kappa shape index (κ1) is 24.5. The molecular formula is C25H21F4N5O3. The van der Waals surface area contributed by atoms with Crippen molar-refractivity contribution in [1.82, 2.24) is 19.3 Å². The van der Waals surface area contributed by atoms with Gasteiger partial charge in [0.2, 0.25) is 0 Å². The second kappa shape index (κ2) is 9.34. The molecule has 0 bridgehead atoms. The second-order valence-corrected chi connectivity index (χ2v) is 8.69. The smallest absolute Gasteiger partial charge is 0.425 e. The second-order valence-electron chi connectivity index (χ2n) is 8.69. The van der Waals surface area contributed by atoms with Crippen LogP contribution in [0.2, 0.25) is 0 Å². The first-order valence-corrected chi connectivity index (χ1v) is 11.5. The van der Waals surface area contributed by atoms with Crippen LogP contribution in [0, 0.1) is 5.82 Å². The maximum Gasteiger partial charge on any atom is 0.425 e. The molecule has 192 valence electrons. The van der Waals surface area contributed by atoms with E-state index >= 15 is 4.39 Å². The maximum absolute atomic E-state index is 15.3. The largest absolute Gasteiger partial charge is 0.480 e. The number of aromatic nitrogens is 4. The number of hydrogen-bond acceptors (Lipinski definition) is 5. The highest BCUT2D eigenvalue weighted by Crippen LogP contribution is 2.31. The van der Waals surface area contributed by atoms with E-state index < -0.39 is 46.7 Å². The number of carbonyl (C=O) groups excluding carboxylic acids is 1. The van der Waals surface area contributed by atoms with E-state index in [-0.39, 0.29) is 0 Å². The van der Waals surface area contributed by atoms with Gasteiger partial charge in [-0.15, -0.1) is 5.10 Å². The van der Waals surface area contributed by atoms with Gasteiger partial charge in [0.1, 0.15) is 23.1 Å². The third kappa shape index (κ3) is 4.78. The van der Waals surface area contributed by atoms with Crippen LogP contribution in [0.25, 0.3) is 16.6 Å². The Hall–Kier alpha value is -4.22. The standard InChI is InChI=1S/C25H21F4N5O3/c1-14(25(27,28)29)37-21-13-20(34-24(36)33-10-3-2-6-22(33)32-34)18(26)12-17(21)23(35)31-16-7-8-19-15(11-16)5-4-9-30-19/h4-5,7-9,11-14H,2-3,6,10H2,1H3,(H,31,35). The van der Waals surface area contributed by atoms with Crippen molar-refractivity contribution in [3.63, 3.8) is 0 Å². The van der Waals surface area contributed by atoms with Gasteiger partial charge in [0, 0.05) is 36.3 Å². The number of alkyl halides is 3. The van der Waals surface area contributed by atoms with E-state index in [9.17, 15) is 22.8 Å². The van der Waals surface area contributed by atoms with Crippen LogP contribution in [0.1, 0.15) is 35.9 Å². The van der Waals surface area contributed by atoms with E-state index in [0.29, 0.717) is 35.4 Å². The predicted octanol–water partition coefficient (Wildman–Crippen LogP) is 4.64. The minimum atomic E-state index is -4.75. The van der Waals surface area contributed by atoms with Crippen molar-refractivity contribution in [2.24, 2.45) is 0 Å². The van der Waals surface area contributed by atoms with Gasteiger partial charge in [-0.25, -0.2) is 9.18 Å². The molecule has 1 amide bonds. The summed E-state index contributed by atoms with van der Waals surface area (Å²) >= 11 is 0. The monoisotopic (exact) mass is 515 g/mol. The fourth-order valence-corrected chi connectivity index (χ4v) is 4.15. The predicted molar refractivity (Wildman–Crippen MR) is 127 cm³/mol. The molecule has 0 radical (unpaired) electrons. The molecule has 1 unspecified atom stereocenters. The van der Waals surface area contributed by atoms with Crippen molar-refractivity contribution in [2.75, 3.05) is 5.32 Å². The molecule has 8 nitrogen and oxygen atoms in total. The Balaban J connectivity index is 1.55. The Morgan fingerprint density at radius 2 is 1.97 bits per heavy atom. The summed E-state index contributed by atoms with van der Waals surface area (Å²) in [6.07, 6.45) is -3.38. The number of hydrogen-bond donors (Lipinski definition) is 1. The number of amides is 1. The number of aryl methyl sites for hydroxylation is 1. The highest BCUT2D eigenvalue weighted by Gasteiger charge is 2.39. The summed E-state index contributed by atoms with van der Waals surface area (Å²) in [6, 6.07) is 9.97. The summed E-state index contributed by atoms with van der Waals surface area (Å²) in [7, 11) is 0. The average Bonchev–Trinajstić information content (AvgIpc) is 3.20. The lowest BCUT2D eigenvalue weighted by Crippen LogP contribution is -2.32. The Bertz CT molecular complexity index is 1560. The lowest BCUT2D eigenvalue weighted by Gasteiger charge is -2.20. The van der Waals surface area contributed by atoms with E-state index in [0.717, 1.165) is 36.6 Å². The van der Waals surface area contributed by atoms with Gasteiger partial charge in [0.25, 0.3) is 5.91 Å². The summed E-state index contributed by atoms with van der Waals surface area (Å²) in [4.78, 5) is 30.1. The van der Waals surface area contributed by atoms with Crippen molar-refractivity contribution in [1.29, 1.82) is 0 Å². The zero-order valence-electron chi connectivity index (χ0n) is 19.6. The summed E-state index contributed by atoms with van der Waals surface area (Å²) in [6.45, 7) is 1.18. The number of halogens is 4. The summed E-state index contributed by atoms with van der Waals surface area (Å²) in [5.41, 5.74) is -0.509. The van der Waals surface area contributed by atoms with E-state index in [1.54, 1.807) is 36.5 Å². The van der Waals surface area contributed by atoms with Crippen molar-refractivity contribution >= 4 is 22.5 Å². The number of nitrogens with zero attached hydrogens (tertiary/aromatic N) is 4. The molecule has 12 heteroatoms. The fraction of sp³-hybridized carbons (Fsp3) is 0.280. The van der Waals surface area contributed by atoms with Crippen LogP contribution in [0.5, 0.6) is 5.75 Å². The van der Waals surface area contributed by atoms with Gasteiger partial charge in [0.15, 0.2) is 6.10 Å². The molecule has 4 aromatic rings. The minimum Gasteiger partial charge on any atom is -0.480 e. The van der Waals surface area contributed by atoms with Gasteiger partial charge in [-0.05, 0) is 50.1 Å². The van der Waals surface area contributed by atoms with Crippen molar-refractivity contribution < 1.29 is 27.1 Å². The SMILES string of the molecule is CC(Oc1cc(-n2nc3n(c2=O)CCCC3)c(F)cc1C(=O)Nc1ccc2ncccc2c1)C(F)(F)F. The number of pyridine rings is 1. The summed E-state index contributed by atoms with van der Waals surface area (Å²) < 4.78 is 62.5. The average molecular weight is 515 g/mol. The molecule has 2 aromatic carbocycles. The molecule has 1 N–H and O–H groups in total. The van der Waals surface area contributed by atoms with E-state index in [4.69, 9.17) is 4.74 Å². The van der Waals surface area contributed by atoms with Crippen LogP contribution >= 0.6 is 0 Å². The van der Waals surface area contributed by atoms with Gasteiger partial charge >= 0.3 is 11.9 Å².